The van der Waals surface area contributed by atoms with E-state index in [-0.39, 0.29) is 10.1 Å². The van der Waals surface area contributed by atoms with Crippen molar-refractivity contribution in [3.05, 3.63) is 185 Å². The van der Waals surface area contributed by atoms with Crippen LogP contribution in [-0.4, -0.2) is 66.1 Å². The molecule has 4 nitrogen and oxygen atoms in total. The summed E-state index contributed by atoms with van der Waals surface area (Å²) in [6.45, 7) is 15.8. The maximum Gasteiger partial charge on any atom is 0.261 e. The Kier molecular flexibility index (Phi) is 16.3. The zero-order valence-corrected chi connectivity index (χ0v) is 51.1. The van der Waals surface area contributed by atoms with Crippen molar-refractivity contribution >= 4 is 161 Å². The molecule has 4 aliphatic rings. The molecule has 0 fully saturated rings. The van der Waals surface area contributed by atoms with Crippen LogP contribution < -0.4 is 40.7 Å². The van der Waals surface area contributed by atoms with Gasteiger partial charge in [-0.3, -0.25) is 0 Å². The largest absolute Gasteiger partial charge is 0.491 e. The van der Waals surface area contributed by atoms with Crippen molar-refractivity contribution in [3.63, 3.8) is 0 Å². The molecule has 11 rings (SSSR count). The van der Waals surface area contributed by atoms with Gasteiger partial charge in [-0.05, 0) is 88.8 Å². The highest BCUT2D eigenvalue weighted by Gasteiger charge is 2.51. The van der Waals surface area contributed by atoms with Crippen LogP contribution in [0.25, 0.3) is 30.0 Å². The van der Waals surface area contributed by atoms with Crippen molar-refractivity contribution in [3.8, 4) is 11.5 Å². The molecule has 0 amide bonds. The maximum absolute atomic E-state index is 7.30. The van der Waals surface area contributed by atoms with Crippen LogP contribution in [-0.2, 0) is 8.85 Å². The zero-order valence-electron chi connectivity index (χ0n) is 42.6. The molecule has 0 saturated carbocycles. The first-order chi connectivity index (χ1) is 35.9. The highest BCUT2D eigenvalue weighted by Crippen LogP contribution is 2.61. The van der Waals surface area contributed by atoms with Crippen LogP contribution in [0.5, 0.6) is 11.5 Å². The quantitative estimate of drug-likeness (QED) is 0.0591. The molecule has 4 aliphatic heterocycles. The molecule has 0 bridgehead atoms. The smallest absolute Gasteiger partial charge is 0.261 e. The lowest BCUT2D eigenvalue weighted by Crippen LogP contribution is -2.66. The molecule has 0 aliphatic carbocycles. The van der Waals surface area contributed by atoms with E-state index in [1.807, 2.05) is 94.1 Å². The lowest BCUT2D eigenvalue weighted by atomic mass is 9.98. The molecule has 0 saturated heterocycles. The molecule has 7 aromatic rings. The first-order valence-electron chi connectivity index (χ1n) is 25.2. The molecule has 380 valence electrons. The lowest BCUT2D eigenvalue weighted by Gasteiger charge is -2.43. The van der Waals surface area contributed by atoms with Gasteiger partial charge >= 0.3 is 0 Å². The van der Waals surface area contributed by atoms with Gasteiger partial charge in [0.05, 0.1) is 38.6 Å². The van der Waals surface area contributed by atoms with Crippen LogP contribution >= 0.6 is 94.1 Å². The van der Waals surface area contributed by atoms with Crippen LogP contribution in [0.1, 0.15) is 41.5 Å². The Bertz CT molecular complexity index is 3040. The van der Waals surface area contributed by atoms with Gasteiger partial charge in [0.25, 0.3) is 16.6 Å². The molecule has 74 heavy (non-hydrogen) atoms. The fourth-order valence-electron chi connectivity index (χ4n) is 10.7. The predicted octanol–water partition coefficient (Wildman–Crippen LogP) is 14.2. The molecule has 0 unspecified atom stereocenters. The van der Waals surface area contributed by atoms with Gasteiger partial charge in [-0.2, -0.15) is 0 Å². The number of rotatable bonds is 14. The van der Waals surface area contributed by atoms with E-state index in [1.165, 1.54) is 78.2 Å². The molecule has 0 atom stereocenters. The Hall–Kier alpha value is -2.97. The van der Waals surface area contributed by atoms with E-state index < -0.39 is 16.6 Å². The molecular formula is C60H60O4S8Si2. The molecule has 0 aromatic heterocycles. The third kappa shape index (κ3) is 10.4. The van der Waals surface area contributed by atoms with Gasteiger partial charge in [0.1, 0.15) is 24.7 Å². The molecule has 7 aromatic carbocycles. The SMILES string of the molecule is CC(C)(C)[Si](OCCOc1ccc2c(=C3SC4=C(SCCS4)S3)c3cc(OCCO[Si](c4ccccc4)(c4ccccc4)C(C)(C)C)ccc3c(=C3SC4=C(SCCS4)S3)c2c1)(c1ccccc1)c1ccccc1. The molecule has 4 heterocycles. The zero-order chi connectivity index (χ0) is 50.9. The van der Waals surface area contributed by atoms with Gasteiger partial charge in [0, 0.05) is 33.4 Å². The topological polar surface area (TPSA) is 36.9 Å². The van der Waals surface area contributed by atoms with Crippen LogP contribution in [0.3, 0.4) is 0 Å². The van der Waals surface area contributed by atoms with Gasteiger partial charge in [0.15, 0.2) is 0 Å². The minimum atomic E-state index is -2.73. The standard InChI is InChI=1S/C60H60O4S8Si2/c1-59(2,3)73(43-19-11-7-12-20-43,44-21-13-8-14-22-44)63-33-31-61-41-27-29-47-49(39-41)51(53-69-55-56(70-53)66-36-35-65-55)48-30-28-42(40-50(48)52(47)54-71-57-58(72-54)68-38-37-67-57)62-32-34-64-74(60(4,5)6,45-23-15-9-16-24-45)46-25-17-10-18-26-46/h7-30,39-40H,31-38H2,1-6H3. The van der Waals surface area contributed by atoms with Gasteiger partial charge in [-0.25, -0.2) is 0 Å². The summed E-state index contributed by atoms with van der Waals surface area (Å²) in [6.07, 6.45) is 0. The van der Waals surface area contributed by atoms with Gasteiger partial charge in [-0.1, -0.05) is 210 Å². The Morgan fingerprint density at radius 1 is 0.351 bits per heavy atom. The van der Waals surface area contributed by atoms with E-state index in [2.05, 4.69) is 199 Å². The third-order valence-corrected chi connectivity index (χ3v) is 35.5. The second-order valence-electron chi connectivity index (χ2n) is 20.4. The van der Waals surface area contributed by atoms with Crippen LogP contribution in [0, 0.1) is 0 Å². The van der Waals surface area contributed by atoms with Gasteiger partial charge in [-0.15, -0.1) is 47.0 Å². The second-order valence-corrected chi connectivity index (χ2v) is 39.1. The summed E-state index contributed by atoms with van der Waals surface area (Å²) < 4.78 is 36.7. The van der Waals surface area contributed by atoms with Gasteiger partial charge in [0.2, 0.25) is 0 Å². The summed E-state index contributed by atoms with van der Waals surface area (Å²) in [5, 5.41) is 12.3. The maximum atomic E-state index is 7.30. The second kappa shape index (κ2) is 22.8. The summed E-state index contributed by atoms with van der Waals surface area (Å²) in [7, 11) is -5.46. The Morgan fingerprint density at radius 3 is 0.932 bits per heavy atom. The van der Waals surface area contributed by atoms with Crippen LogP contribution in [0.15, 0.2) is 175 Å². The normalized spacial score (nSPS) is 16.6. The molecule has 0 spiro atoms. The summed E-state index contributed by atoms with van der Waals surface area (Å²) in [5.41, 5.74) is 0. The number of benzene rings is 7. The van der Waals surface area contributed by atoms with E-state index in [0.717, 1.165) is 34.5 Å². The number of thioether (sulfide) groups is 8. The summed E-state index contributed by atoms with van der Waals surface area (Å²) in [4.78, 5) is 0. The first kappa shape index (κ1) is 53.1. The van der Waals surface area contributed by atoms with Crippen molar-refractivity contribution in [2.24, 2.45) is 0 Å². The van der Waals surface area contributed by atoms with Crippen molar-refractivity contribution in [1.29, 1.82) is 0 Å². The number of fused-ring (bicyclic) bond motifs is 2. The molecule has 0 N–H and O–H groups in total. The summed E-state index contributed by atoms with van der Waals surface area (Å²) >= 11 is 15.8. The summed E-state index contributed by atoms with van der Waals surface area (Å²) in [6, 6.07) is 57.2. The number of hydrogen-bond acceptors (Lipinski definition) is 12. The van der Waals surface area contributed by atoms with E-state index in [9.17, 15) is 0 Å². The average molecular weight is 1160 g/mol. The first-order valence-corrected chi connectivity index (χ1v) is 36.2. The van der Waals surface area contributed by atoms with Gasteiger partial charge < -0.3 is 18.3 Å². The highest BCUT2D eigenvalue weighted by molar-refractivity contribution is 8.47. The Morgan fingerprint density at radius 2 is 0.649 bits per heavy atom. The lowest BCUT2D eigenvalue weighted by molar-refractivity contribution is 0.208. The Labute approximate surface area is 473 Å². The van der Waals surface area contributed by atoms with E-state index >= 15 is 0 Å². The molecule has 0 radical (unpaired) electrons. The van der Waals surface area contributed by atoms with Crippen molar-refractivity contribution in [2.75, 3.05) is 49.4 Å². The van der Waals surface area contributed by atoms with Crippen molar-refractivity contribution < 1.29 is 18.3 Å². The monoisotopic (exact) mass is 1160 g/mol. The summed E-state index contributed by atoms with van der Waals surface area (Å²) in [5.74, 6) is 6.26. The van der Waals surface area contributed by atoms with E-state index in [1.54, 1.807) is 0 Å². The minimum absolute atomic E-state index is 0.120. The fourth-order valence-corrected chi connectivity index (χ4v) is 31.9. The highest BCUT2D eigenvalue weighted by atomic mass is 32.3. The number of hydrogen-bond donors (Lipinski definition) is 0. The fraction of sp³-hybridized carbons (Fsp3) is 0.267. The number of ether oxygens (including phenoxy) is 2. The van der Waals surface area contributed by atoms with Crippen LogP contribution in [0.4, 0.5) is 0 Å². The predicted molar refractivity (Wildman–Crippen MR) is 340 cm³/mol. The molecule has 14 heteroatoms. The van der Waals surface area contributed by atoms with Crippen LogP contribution in [0.2, 0.25) is 10.1 Å². The van der Waals surface area contributed by atoms with E-state index in [4.69, 9.17) is 18.3 Å². The Balaban J connectivity index is 0.972. The van der Waals surface area contributed by atoms with E-state index in [0.29, 0.717) is 26.4 Å². The third-order valence-electron chi connectivity index (χ3n) is 13.8. The van der Waals surface area contributed by atoms with Crippen molar-refractivity contribution in [1.82, 2.24) is 0 Å². The molecular weight excluding hydrogens is 1100 g/mol. The van der Waals surface area contributed by atoms with Crippen molar-refractivity contribution in [2.45, 2.75) is 51.6 Å². The minimum Gasteiger partial charge on any atom is -0.491 e. The average Bonchev–Trinajstić information content (AvgIpc) is 4.05.